The first-order valence-corrected chi connectivity index (χ1v) is 8.27. The third-order valence-corrected chi connectivity index (χ3v) is 4.50. The molecule has 1 aromatic rings. The minimum atomic E-state index is 0.264. The standard InChI is InChI=1S/C18H31N3/c1-5-16(19)12-15-11-14(2)8-9-18(15)21-10-6-7-17(21)13-20(3)4/h8-9,11,16-17H,5-7,10,12-13,19H2,1-4H3. The lowest BCUT2D eigenvalue weighted by molar-refractivity contribution is 0.372. The molecule has 1 heterocycles. The van der Waals surface area contributed by atoms with Gasteiger partial charge in [0.15, 0.2) is 0 Å². The first-order chi connectivity index (χ1) is 10.0. The number of nitrogens with zero attached hydrogens (tertiary/aromatic N) is 2. The average molecular weight is 289 g/mol. The predicted octanol–water partition coefficient (Wildman–Crippen LogP) is 2.81. The topological polar surface area (TPSA) is 32.5 Å². The van der Waals surface area contributed by atoms with E-state index < -0.39 is 0 Å². The molecule has 1 aromatic carbocycles. The van der Waals surface area contributed by atoms with Crippen molar-refractivity contribution >= 4 is 5.69 Å². The van der Waals surface area contributed by atoms with Crippen LogP contribution in [0.1, 0.15) is 37.3 Å². The van der Waals surface area contributed by atoms with Gasteiger partial charge in [-0.1, -0.05) is 24.6 Å². The first kappa shape index (κ1) is 16.3. The number of aryl methyl sites for hydroxylation is 1. The maximum absolute atomic E-state index is 6.21. The zero-order chi connectivity index (χ0) is 15.4. The van der Waals surface area contributed by atoms with E-state index in [0.717, 1.165) is 19.4 Å². The second-order valence-corrected chi connectivity index (χ2v) is 6.76. The Morgan fingerprint density at radius 1 is 1.38 bits per heavy atom. The van der Waals surface area contributed by atoms with Gasteiger partial charge in [-0.05, 0) is 58.3 Å². The highest BCUT2D eigenvalue weighted by molar-refractivity contribution is 5.57. The summed E-state index contributed by atoms with van der Waals surface area (Å²) in [5.74, 6) is 0. The summed E-state index contributed by atoms with van der Waals surface area (Å²) in [6, 6.07) is 7.78. The zero-order valence-corrected chi connectivity index (χ0v) is 14.1. The molecule has 0 saturated carbocycles. The summed E-state index contributed by atoms with van der Waals surface area (Å²) >= 11 is 0. The Morgan fingerprint density at radius 2 is 2.14 bits per heavy atom. The van der Waals surface area contributed by atoms with Crippen molar-refractivity contribution < 1.29 is 0 Å². The number of likely N-dealkylation sites (N-methyl/N-ethyl adjacent to an activating group) is 1. The van der Waals surface area contributed by atoms with E-state index in [1.165, 1.54) is 36.2 Å². The van der Waals surface area contributed by atoms with Gasteiger partial charge >= 0.3 is 0 Å². The summed E-state index contributed by atoms with van der Waals surface area (Å²) in [6.07, 6.45) is 4.62. The number of benzene rings is 1. The van der Waals surface area contributed by atoms with Gasteiger partial charge in [-0.2, -0.15) is 0 Å². The lowest BCUT2D eigenvalue weighted by Gasteiger charge is -2.31. The van der Waals surface area contributed by atoms with Gasteiger partial charge in [-0.3, -0.25) is 0 Å². The molecule has 2 N–H and O–H groups in total. The minimum absolute atomic E-state index is 0.264. The SMILES string of the molecule is CCC(N)Cc1cc(C)ccc1N1CCCC1CN(C)C. The third-order valence-electron chi connectivity index (χ3n) is 4.50. The summed E-state index contributed by atoms with van der Waals surface area (Å²) in [5, 5.41) is 0. The molecular formula is C18H31N3. The van der Waals surface area contributed by atoms with E-state index in [-0.39, 0.29) is 6.04 Å². The van der Waals surface area contributed by atoms with Crippen LogP contribution >= 0.6 is 0 Å². The van der Waals surface area contributed by atoms with Crippen LogP contribution in [0.25, 0.3) is 0 Å². The normalized spacial score (nSPS) is 20.3. The van der Waals surface area contributed by atoms with Crippen molar-refractivity contribution in [3.8, 4) is 0 Å². The maximum atomic E-state index is 6.21. The summed E-state index contributed by atoms with van der Waals surface area (Å²) in [5.41, 5.74) is 10.4. The van der Waals surface area contributed by atoms with Crippen LogP contribution in [0.5, 0.6) is 0 Å². The van der Waals surface area contributed by atoms with Crippen molar-refractivity contribution in [2.45, 2.75) is 51.6 Å². The first-order valence-electron chi connectivity index (χ1n) is 8.27. The van der Waals surface area contributed by atoms with Gasteiger partial charge in [0.05, 0.1) is 0 Å². The zero-order valence-electron chi connectivity index (χ0n) is 14.1. The second-order valence-electron chi connectivity index (χ2n) is 6.76. The highest BCUT2D eigenvalue weighted by Crippen LogP contribution is 2.30. The van der Waals surface area contributed by atoms with Gasteiger partial charge in [0.25, 0.3) is 0 Å². The van der Waals surface area contributed by atoms with Gasteiger partial charge in [0.2, 0.25) is 0 Å². The van der Waals surface area contributed by atoms with Crippen LogP contribution in [0.2, 0.25) is 0 Å². The van der Waals surface area contributed by atoms with Gasteiger partial charge in [-0.15, -0.1) is 0 Å². The fraction of sp³-hybridized carbons (Fsp3) is 0.667. The number of nitrogens with two attached hydrogens (primary N) is 1. The monoisotopic (exact) mass is 289 g/mol. The molecule has 0 radical (unpaired) electrons. The number of hydrogen-bond acceptors (Lipinski definition) is 3. The number of rotatable bonds is 6. The van der Waals surface area contributed by atoms with Crippen LogP contribution in [0.15, 0.2) is 18.2 Å². The van der Waals surface area contributed by atoms with E-state index >= 15 is 0 Å². The molecule has 2 unspecified atom stereocenters. The van der Waals surface area contributed by atoms with Crippen molar-refractivity contribution in [3.05, 3.63) is 29.3 Å². The molecule has 2 atom stereocenters. The molecule has 0 aromatic heterocycles. The molecule has 21 heavy (non-hydrogen) atoms. The van der Waals surface area contributed by atoms with Gasteiger partial charge in [0, 0.05) is 30.9 Å². The van der Waals surface area contributed by atoms with E-state index in [4.69, 9.17) is 5.73 Å². The molecule has 1 saturated heterocycles. The molecule has 0 spiro atoms. The Labute approximate surface area is 130 Å². The van der Waals surface area contributed by atoms with Crippen molar-refractivity contribution in [1.29, 1.82) is 0 Å². The number of hydrogen-bond donors (Lipinski definition) is 1. The lowest BCUT2D eigenvalue weighted by atomic mass is 9.99. The molecule has 1 fully saturated rings. The van der Waals surface area contributed by atoms with Crippen molar-refractivity contribution in [2.24, 2.45) is 5.73 Å². The Kier molecular flexibility index (Phi) is 5.65. The van der Waals surface area contributed by atoms with Crippen molar-refractivity contribution in [3.63, 3.8) is 0 Å². The highest BCUT2D eigenvalue weighted by Gasteiger charge is 2.26. The van der Waals surface area contributed by atoms with Gasteiger partial charge in [-0.25, -0.2) is 0 Å². The van der Waals surface area contributed by atoms with E-state index in [0.29, 0.717) is 6.04 Å². The minimum Gasteiger partial charge on any atom is -0.367 e. The largest absolute Gasteiger partial charge is 0.367 e. The van der Waals surface area contributed by atoms with Gasteiger partial charge in [0.1, 0.15) is 0 Å². The van der Waals surface area contributed by atoms with E-state index in [2.05, 4.69) is 55.9 Å². The van der Waals surface area contributed by atoms with E-state index in [1.54, 1.807) is 0 Å². The molecule has 118 valence electrons. The predicted molar refractivity (Wildman–Crippen MR) is 92.1 cm³/mol. The summed E-state index contributed by atoms with van der Waals surface area (Å²) in [7, 11) is 4.33. The van der Waals surface area contributed by atoms with E-state index in [9.17, 15) is 0 Å². The quantitative estimate of drug-likeness (QED) is 0.874. The van der Waals surface area contributed by atoms with Crippen LogP contribution in [0.3, 0.4) is 0 Å². The van der Waals surface area contributed by atoms with E-state index in [1.807, 2.05) is 0 Å². The third kappa shape index (κ3) is 4.21. The average Bonchev–Trinajstić information content (AvgIpc) is 2.86. The smallest absolute Gasteiger partial charge is 0.0417 e. The molecule has 1 aliphatic heterocycles. The Hall–Kier alpha value is -1.06. The molecule has 0 amide bonds. The Morgan fingerprint density at radius 3 is 2.81 bits per heavy atom. The van der Waals surface area contributed by atoms with Crippen molar-refractivity contribution in [2.75, 3.05) is 32.1 Å². The fourth-order valence-electron chi connectivity index (χ4n) is 3.35. The lowest BCUT2D eigenvalue weighted by Crippen LogP contribution is -2.38. The van der Waals surface area contributed by atoms with Crippen LogP contribution in [-0.2, 0) is 6.42 Å². The second kappa shape index (κ2) is 7.28. The maximum Gasteiger partial charge on any atom is 0.0417 e. The van der Waals surface area contributed by atoms with Crippen LogP contribution in [0, 0.1) is 6.92 Å². The molecule has 0 aliphatic carbocycles. The fourth-order valence-corrected chi connectivity index (χ4v) is 3.35. The summed E-state index contributed by atoms with van der Waals surface area (Å²) in [6.45, 7) is 6.65. The Bertz CT molecular complexity index is 456. The summed E-state index contributed by atoms with van der Waals surface area (Å²) in [4.78, 5) is 4.91. The molecule has 0 bridgehead atoms. The van der Waals surface area contributed by atoms with Crippen LogP contribution < -0.4 is 10.6 Å². The molecular weight excluding hydrogens is 258 g/mol. The van der Waals surface area contributed by atoms with Crippen LogP contribution in [-0.4, -0.2) is 44.2 Å². The molecule has 2 rings (SSSR count). The number of anilines is 1. The molecule has 3 nitrogen and oxygen atoms in total. The van der Waals surface area contributed by atoms with Crippen LogP contribution in [0.4, 0.5) is 5.69 Å². The highest BCUT2D eigenvalue weighted by atomic mass is 15.2. The molecule has 1 aliphatic rings. The van der Waals surface area contributed by atoms with Crippen molar-refractivity contribution in [1.82, 2.24) is 4.90 Å². The Balaban J connectivity index is 2.25. The van der Waals surface area contributed by atoms with Gasteiger partial charge < -0.3 is 15.5 Å². The molecule has 3 heteroatoms. The summed E-state index contributed by atoms with van der Waals surface area (Å²) < 4.78 is 0.